The van der Waals surface area contributed by atoms with Crippen LogP contribution in [0.4, 0.5) is 0 Å². The smallest absolute Gasteiger partial charge is 0.312 e. The lowest BCUT2D eigenvalue weighted by Crippen LogP contribution is -2.60. The highest BCUT2D eigenvalue weighted by Gasteiger charge is 2.67. The van der Waals surface area contributed by atoms with Gasteiger partial charge in [-0.3, -0.25) is 4.79 Å². The molecule has 2 saturated carbocycles. The van der Waals surface area contributed by atoms with Crippen LogP contribution in [0.15, 0.2) is 42.5 Å². The number of fused-ring (bicyclic) bond motifs is 1. The first-order valence-electron chi connectivity index (χ1n) is 8.75. The molecular weight excluding hydrogens is 284 g/mol. The highest BCUT2D eigenvalue weighted by molar-refractivity contribution is 5.85. The van der Waals surface area contributed by atoms with Crippen molar-refractivity contribution in [3.05, 3.63) is 48.0 Å². The Balaban J connectivity index is 1.76. The van der Waals surface area contributed by atoms with Crippen LogP contribution in [0.25, 0.3) is 10.8 Å². The first-order chi connectivity index (χ1) is 11.1. The largest absolute Gasteiger partial charge is 0.466 e. The van der Waals surface area contributed by atoms with E-state index in [2.05, 4.69) is 49.4 Å². The molecule has 2 nitrogen and oxygen atoms in total. The van der Waals surface area contributed by atoms with Crippen molar-refractivity contribution in [2.45, 2.75) is 45.4 Å². The van der Waals surface area contributed by atoms with Gasteiger partial charge in [-0.1, -0.05) is 48.9 Å². The first kappa shape index (κ1) is 14.7. The van der Waals surface area contributed by atoms with Crippen LogP contribution < -0.4 is 0 Å². The molecular formula is C21H24O2. The van der Waals surface area contributed by atoms with Crippen molar-refractivity contribution in [1.29, 1.82) is 0 Å². The molecule has 0 amide bonds. The molecule has 23 heavy (non-hydrogen) atoms. The van der Waals surface area contributed by atoms with Gasteiger partial charge in [0.2, 0.25) is 0 Å². The third kappa shape index (κ3) is 2.04. The molecule has 2 heteroatoms. The SMILES string of the molecule is CCOC(=O)C1(C)CC2(CCC2)C1c1ccc2ccccc2c1. The lowest BCUT2D eigenvalue weighted by Gasteiger charge is -2.65. The Morgan fingerprint density at radius 3 is 2.57 bits per heavy atom. The molecule has 4 rings (SSSR count). The third-order valence-electron chi connectivity index (χ3n) is 6.17. The molecule has 0 aromatic heterocycles. The molecule has 2 unspecified atom stereocenters. The summed E-state index contributed by atoms with van der Waals surface area (Å²) in [4.78, 5) is 12.6. The average Bonchev–Trinajstić information content (AvgIpc) is 2.50. The summed E-state index contributed by atoms with van der Waals surface area (Å²) in [6, 6.07) is 15.2. The van der Waals surface area contributed by atoms with Gasteiger partial charge in [-0.15, -0.1) is 0 Å². The third-order valence-corrected chi connectivity index (χ3v) is 6.17. The van der Waals surface area contributed by atoms with Gasteiger partial charge in [-0.05, 0) is 54.9 Å². The van der Waals surface area contributed by atoms with Gasteiger partial charge < -0.3 is 4.74 Å². The Hall–Kier alpha value is -1.83. The Kier molecular flexibility index (Phi) is 3.26. The first-order valence-corrected chi connectivity index (χ1v) is 8.75. The maximum Gasteiger partial charge on any atom is 0.312 e. The number of carbonyl (C=O) groups is 1. The van der Waals surface area contributed by atoms with E-state index in [-0.39, 0.29) is 11.4 Å². The van der Waals surface area contributed by atoms with Crippen LogP contribution in [-0.2, 0) is 9.53 Å². The highest BCUT2D eigenvalue weighted by atomic mass is 16.5. The molecule has 2 atom stereocenters. The summed E-state index contributed by atoms with van der Waals surface area (Å²) in [5.41, 5.74) is 1.29. The molecule has 0 radical (unpaired) electrons. The van der Waals surface area contributed by atoms with Crippen molar-refractivity contribution in [2.24, 2.45) is 10.8 Å². The molecule has 0 saturated heterocycles. The number of benzene rings is 2. The van der Waals surface area contributed by atoms with Crippen LogP contribution in [-0.4, -0.2) is 12.6 Å². The van der Waals surface area contributed by atoms with Gasteiger partial charge in [0, 0.05) is 5.92 Å². The zero-order valence-corrected chi connectivity index (χ0v) is 14.0. The summed E-state index contributed by atoms with van der Waals surface area (Å²) in [5, 5.41) is 2.52. The highest BCUT2D eigenvalue weighted by Crippen LogP contribution is 2.72. The zero-order valence-electron chi connectivity index (χ0n) is 14.0. The van der Waals surface area contributed by atoms with Crippen LogP contribution in [0.2, 0.25) is 0 Å². The maximum atomic E-state index is 12.6. The van der Waals surface area contributed by atoms with E-state index < -0.39 is 0 Å². The monoisotopic (exact) mass is 308 g/mol. The van der Waals surface area contributed by atoms with Crippen LogP contribution in [0.5, 0.6) is 0 Å². The molecule has 2 aromatic rings. The van der Waals surface area contributed by atoms with E-state index in [1.54, 1.807) is 0 Å². The van der Waals surface area contributed by atoms with Gasteiger partial charge in [0.25, 0.3) is 0 Å². The van der Waals surface area contributed by atoms with E-state index in [0.717, 1.165) is 6.42 Å². The van der Waals surface area contributed by atoms with E-state index >= 15 is 0 Å². The zero-order chi connectivity index (χ0) is 16.1. The molecule has 1 spiro atoms. The Morgan fingerprint density at radius 2 is 1.91 bits per heavy atom. The maximum absolute atomic E-state index is 12.6. The predicted octanol–water partition coefficient (Wildman–Crippen LogP) is 5.07. The van der Waals surface area contributed by atoms with Gasteiger partial charge in [0.15, 0.2) is 0 Å². The van der Waals surface area contributed by atoms with Gasteiger partial charge in [-0.2, -0.15) is 0 Å². The molecule has 0 N–H and O–H groups in total. The van der Waals surface area contributed by atoms with E-state index in [0.29, 0.717) is 17.9 Å². The normalized spacial score (nSPS) is 28.2. The number of hydrogen-bond acceptors (Lipinski definition) is 2. The topological polar surface area (TPSA) is 26.3 Å². The molecule has 0 aliphatic heterocycles. The second-order valence-corrected chi connectivity index (χ2v) is 7.57. The fraction of sp³-hybridized carbons (Fsp3) is 0.476. The van der Waals surface area contributed by atoms with Crippen molar-refractivity contribution < 1.29 is 9.53 Å². The van der Waals surface area contributed by atoms with Crippen LogP contribution in [0, 0.1) is 10.8 Å². The van der Waals surface area contributed by atoms with Crippen LogP contribution in [0.3, 0.4) is 0 Å². The quantitative estimate of drug-likeness (QED) is 0.740. The number of hydrogen-bond donors (Lipinski definition) is 0. The number of esters is 1. The second kappa shape index (κ2) is 5.09. The molecule has 2 aliphatic carbocycles. The molecule has 2 aliphatic rings. The fourth-order valence-electron chi connectivity index (χ4n) is 5.17. The Bertz CT molecular complexity index is 759. The van der Waals surface area contributed by atoms with Crippen LogP contribution >= 0.6 is 0 Å². The molecule has 120 valence electrons. The van der Waals surface area contributed by atoms with E-state index in [1.165, 1.54) is 35.6 Å². The number of ether oxygens (including phenoxy) is 1. The van der Waals surface area contributed by atoms with Crippen LogP contribution in [0.1, 0.15) is 51.0 Å². The standard InChI is InChI=1S/C21H24O2/c1-3-23-19(22)20(2)14-21(11-6-12-21)18(20)17-10-9-15-7-4-5-8-16(15)13-17/h4-5,7-10,13,18H,3,6,11-12,14H2,1-2H3. The minimum absolute atomic E-state index is 0.0179. The van der Waals surface area contributed by atoms with Crippen molar-refractivity contribution in [3.8, 4) is 0 Å². The van der Waals surface area contributed by atoms with Gasteiger partial charge >= 0.3 is 5.97 Å². The lowest BCUT2D eigenvalue weighted by molar-refractivity contribution is -0.186. The molecule has 0 heterocycles. The summed E-state index contributed by atoms with van der Waals surface area (Å²) in [5.74, 6) is 0.281. The van der Waals surface area contributed by atoms with Crippen molar-refractivity contribution in [1.82, 2.24) is 0 Å². The number of rotatable bonds is 3. The summed E-state index contributed by atoms with van der Waals surface area (Å²) < 4.78 is 5.41. The van der Waals surface area contributed by atoms with E-state index in [1.807, 2.05) is 6.92 Å². The van der Waals surface area contributed by atoms with E-state index in [9.17, 15) is 4.79 Å². The second-order valence-electron chi connectivity index (χ2n) is 7.57. The average molecular weight is 308 g/mol. The Morgan fingerprint density at radius 1 is 1.17 bits per heavy atom. The van der Waals surface area contributed by atoms with Gasteiger partial charge in [-0.25, -0.2) is 0 Å². The summed E-state index contributed by atoms with van der Waals surface area (Å²) >= 11 is 0. The summed E-state index contributed by atoms with van der Waals surface area (Å²) in [6.07, 6.45) is 4.78. The molecule has 0 bridgehead atoms. The van der Waals surface area contributed by atoms with Crippen molar-refractivity contribution in [3.63, 3.8) is 0 Å². The minimum atomic E-state index is -0.362. The predicted molar refractivity (Wildman–Crippen MR) is 92.3 cm³/mol. The van der Waals surface area contributed by atoms with Gasteiger partial charge in [0.05, 0.1) is 12.0 Å². The molecule has 2 aromatic carbocycles. The van der Waals surface area contributed by atoms with Gasteiger partial charge in [0.1, 0.15) is 0 Å². The summed E-state index contributed by atoms with van der Waals surface area (Å²) in [7, 11) is 0. The van der Waals surface area contributed by atoms with E-state index in [4.69, 9.17) is 4.74 Å². The minimum Gasteiger partial charge on any atom is -0.466 e. The van der Waals surface area contributed by atoms with Crippen molar-refractivity contribution >= 4 is 16.7 Å². The molecule has 2 fully saturated rings. The number of carbonyl (C=O) groups excluding carboxylic acids is 1. The summed E-state index contributed by atoms with van der Waals surface area (Å²) in [6.45, 7) is 4.46. The Labute approximate surface area is 137 Å². The lowest BCUT2D eigenvalue weighted by atomic mass is 9.38. The fourth-order valence-corrected chi connectivity index (χ4v) is 5.17. The van der Waals surface area contributed by atoms with Crippen molar-refractivity contribution in [2.75, 3.05) is 6.61 Å².